The monoisotopic (exact) mass is 666 g/mol. The van der Waals surface area contributed by atoms with Gasteiger partial charge in [0.05, 0.1) is 16.7 Å². The van der Waals surface area contributed by atoms with Crippen LogP contribution in [0.3, 0.4) is 0 Å². The molecule has 2 aliphatic rings. The second-order valence-electron chi connectivity index (χ2n) is 14.2. The van der Waals surface area contributed by atoms with Crippen molar-refractivity contribution in [3.8, 4) is 33.6 Å². The van der Waals surface area contributed by atoms with Gasteiger partial charge in [0.15, 0.2) is 0 Å². The first-order chi connectivity index (χ1) is 25.7. The molecule has 0 spiro atoms. The summed E-state index contributed by atoms with van der Waals surface area (Å²) < 4.78 is 4.93. The number of benzene rings is 6. The topological polar surface area (TPSA) is 9.86 Å². The molecule has 2 nitrogen and oxygen atoms in total. The van der Waals surface area contributed by atoms with Gasteiger partial charge in [-0.05, 0) is 106 Å². The lowest BCUT2D eigenvalue weighted by Gasteiger charge is -2.18. The smallest absolute Gasteiger partial charge is 0.0541 e. The summed E-state index contributed by atoms with van der Waals surface area (Å²) in [6, 6.07) is 55.1. The van der Waals surface area contributed by atoms with E-state index in [4.69, 9.17) is 0 Å². The average molecular weight is 667 g/mol. The molecule has 2 heteroatoms. The minimum Gasteiger partial charge on any atom is -0.313 e. The van der Waals surface area contributed by atoms with Gasteiger partial charge in [0.25, 0.3) is 0 Å². The Morgan fingerprint density at radius 3 is 1.88 bits per heavy atom. The summed E-state index contributed by atoms with van der Waals surface area (Å²) in [6.07, 6.45) is 13.8. The third kappa shape index (κ3) is 5.02. The minimum atomic E-state index is 0.500. The Hall–Kier alpha value is -6.38. The second kappa shape index (κ2) is 12.4. The van der Waals surface area contributed by atoms with Crippen molar-refractivity contribution >= 4 is 39.5 Å². The van der Waals surface area contributed by atoms with Crippen LogP contribution in [0.15, 0.2) is 170 Å². The fraction of sp³-hybridized carbons (Fsp3) is 0.0800. The van der Waals surface area contributed by atoms with Crippen molar-refractivity contribution in [3.63, 3.8) is 0 Å². The van der Waals surface area contributed by atoms with Crippen LogP contribution in [-0.4, -0.2) is 9.13 Å². The van der Waals surface area contributed by atoms with E-state index in [2.05, 4.69) is 198 Å². The van der Waals surface area contributed by atoms with Crippen LogP contribution in [0, 0.1) is 5.92 Å². The lowest BCUT2D eigenvalue weighted by molar-refractivity contribution is 0.686. The van der Waals surface area contributed by atoms with Crippen molar-refractivity contribution < 1.29 is 0 Å². The molecule has 0 fully saturated rings. The molecule has 0 amide bonds. The maximum Gasteiger partial charge on any atom is 0.0541 e. The summed E-state index contributed by atoms with van der Waals surface area (Å²) in [5.41, 5.74) is 17.8. The van der Waals surface area contributed by atoms with Crippen LogP contribution in [0.2, 0.25) is 0 Å². The van der Waals surface area contributed by atoms with Crippen LogP contribution in [0.4, 0.5) is 0 Å². The fourth-order valence-electron chi connectivity index (χ4n) is 8.51. The molecule has 0 bridgehead atoms. The van der Waals surface area contributed by atoms with Crippen molar-refractivity contribution in [2.75, 3.05) is 0 Å². The summed E-state index contributed by atoms with van der Waals surface area (Å²) in [4.78, 5) is 0. The quantitative estimate of drug-likeness (QED) is 0.173. The summed E-state index contributed by atoms with van der Waals surface area (Å²) >= 11 is 0. The van der Waals surface area contributed by atoms with E-state index >= 15 is 0 Å². The van der Waals surface area contributed by atoms with E-state index in [0.29, 0.717) is 5.92 Å². The lowest BCUT2D eigenvalue weighted by Crippen LogP contribution is -2.09. The van der Waals surface area contributed by atoms with E-state index in [1.807, 2.05) is 0 Å². The zero-order valence-electron chi connectivity index (χ0n) is 29.2. The van der Waals surface area contributed by atoms with Gasteiger partial charge in [0.2, 0.25) is 0 Å². The van der Waals surface area contributed by atoms with Crippen LogP contribution in [-0.2, 0) is 12.8 Å². The van der Waals surface area contributed by atoms with Crippen LogP contribution >= 0.6 is 0 Å². The molecule has 2 aliphatic carbocycles. The maximum absolute atomic E-state index is 2.53. The first kappa shape index (κ1) is 30.4. The standard InChI is InChI=1S/C50H38N2/c1-34-22-29-46-45-30-25-35(38-14-11-15-40(33-38)52-47-20-9-7-18-43(47)44-19-8-10-21-48(44)52)26-31-49(45)51(50(46)32-34)39-27-23-37(24-28-39)42-17-6-5-16-41(42)36-12-3-2-4-13-36/h2-29,31,33-34H,30,32H2,1H3. The Kier molecular flexibility index (Phi) is 7.28. The van der Waals surface area contributed by atoms with E-state index in [0.717, 1.165) is 12.8 Å². The SMILES string of the molecule is CC1C=Cc2c3c(n(-c4ccc(-c5ccccc5-c5ccccc5)cc4)c2C1)C=CC(c1cccc(-n2c4ccccc4c4ccccc42)c1)=CC3. The van der Waals surface area contributed by atoms with E-state index < -0.39 is 0 Å². The Labute approximate surface area is 304 Å². The van der Waals surface area contributed by atoms with Crippen LogP contribution < -0.4 is 0 Å². The highest BCUT2D eigenvalue weighted by atomic mass is 15.0. The predicted octanol–water partition coefficient (Wildman–Crippen LogP) is 12.8. The molecule has 1 atom stereocenters. The number of nitrogens with zero attached hydrogens (tertiary/aromatic N) is 2. The van der Waals surface area contributed by atoms with Gasteiger partial charge < -0.3 is 9.13 Å². The van der Waals surface area contributed by atoms with Crippen LogP contribution in [0.5, 0.6) is 0 Å². The summed E-state index contributed by atoms with van der Waals surface area (Å²) in [5, 5.41) is 2.57. The van der Waals surface area contributed by atoms with Gasteiger partial charge in [-0.3, -0.25) is 0 Å². The van der Waals surface area contributed by atoms with Crippen molar-refractivity contribution in [1.29, 1.82) is 0 Å². The molecule has 2 heterocycles. The van der Waals surface area contributed by atoms with Crippen molar-refractivity contribution in [1.82, 2.24) is 9.13 Å². The van der Waals surface area contributed by atoms with Crippen LogP contribution in [0.1, 0.15) is 35.0 Å². The first-order valence-electron chi connectivity index (χ1n) is 18.4. The molecular formula is C50H38N2. The molecule has 2 aromatic heterocycles. The number of fused-ring (bicyclic) bond motifs is 6. The van der Waals surface area contributed by atoms with Gasteiger partial charge >= 0.3 is 0 Å². The van der Waals surface area contributed by atoms with Gasteiger partial charge in [0.1, 0.15) is 0 Å². The second-order valence-corrected chi connectivity index (χ2v) is 14.2. The van der Waals surface area contributed by atoms with Crippen molar-refractivity contribution in [3.05, 3.63) is 198 Å². The molecule has 0 N–H and O–H groups in total. The highest BCUT2D eigenvalue weighted by Gasteiger charge is 2.25. The number of hydrogen-bond acceptors (Lipinski definition) is 0. The maximum atomic E-state index is 2.53. The molecule has 0 radical (unpaired) electrons. The molecule has 1 unspecified atom stereocenters. The van der Waals surface area contributed by atoms with Crippen molar-refractivity contribution in [2.24, 2.45) is 5.92 Å². The van der Waals surface area contributed by atoms with E-state index in [9.17, 15) is 0 Å². The van der Waals surface area contributed by atoms with E-state index in [1.165, 1.54) is 89.1 Å². The number of allylic oxidation sites excluding steroid dienone is 4. The molecular weight excluding hydrogens is 629 g/mol. The fourth-order valence-corrected chi connectivity index (χ4v) is 8.51. The van der Waals surface area contributed by atoms with Gasteiger partial charge in [0, 0.05) is 27.8 Å². The van der Waals surface area contributed by atoms with Crippen LogP contribution in [0.25, 0.3) is 73.2 Å². The highest BCUT2D eigenvalue weighted by Crippen LogP contribution is 2.39. The third-order valence-corrected chi connectivity index (χ3v) is 11.0. The number of rotatable bonds is 5. The summed E-state index contributed by atoms with van der Waals surface area (Å²) in [5.74, 6) is 0.500. The Balaban J connectivity index is 1.04. The largest absolute Gasteiger partial charge is 0.313 e. The predicted molar refractivity (Wildman–Crippen MR) is 220 cm³/mol. The zero-order chi connectivity index (χ0) is 34.6. The van der Waals surface area contributed by atoms with Crippen molar-refractivity contribution in [2.45, 2.75) is 19.8 Å². The molecule has 248 valence electrons. The van der Waals surface area contributed by atoms with Gasteiger partial charge in [-0.15, -0.1) is 0 Å². The highest BCUT2D eigenvalue weighted by molar-refractivity contribution is 6.09. The molecule has 0 saturated heterocycles. The molecule has 0 aliphatic heterocycles. The normalized spacial score (nSPS) is 15.0. The van der Waals surface area contributed by atoms with E-state index in [-0.39, 0.29) is 0 Å². The number of hydrogen-bond donors (Lipinski definition) is 0. The Bertz CT molecular complexity index is 2680. The first-order valence-corrected chi connectivity index (χ1v) is 18.4. The summed E-state index contributed by atoms with van der Waals surface area (Å²) in [7, 11) is 0. The van der Waals surface area contributed by atoms with Gasteiger partial charge in [-0.1, -0.05) is 146 Å². The molecule has 6 aromatic carbocycles. The molecule has 0 saturated carbocycles. The van der Waals surface area contributed by atoms with Gasteiger partial charge in [-0.25, -0.2) is 0 Å². The lowest BCUT2D eigenvalue weighted by atomic mass is 9.93. The Morgan fingerprint density at radius 2 is 1.15 bits per heavy atom. The summed E-state index contributed by atoms with van der Waals surface area (Å²) in [6.45, 7) is 2.32. The molecule has 8 aromatic rings. The third-order valence-electron chi connectivity index (χ3n) is 11.0. The number of aromatic nitrogens is 2. The van der Waals surface area contributed by atoms with E-state index in [1.54, 1.807) is 0 Å². The Morgan fingerprint density at radius 1 is 0.519 bits per heavy atom. The molecule has 10 rings (SSSR count). The molecule has 52 heavy (non-hydrogen) atoms. The minimum absolute atomic E-state index is 0.500. The number of para-hydroxylation sites is 2. The zero-order valence-corrected chi connectivity index (χ0v) is 29.2. The van der Waals surface area contributed by atoms with Gasteiger partial charge in [-0.2, -0.15) is 0 Å². The average Bonchev–Trinajstić information content (AvgIpc) is 3.60.